The maximum Gasteiger partial charge on any atom is 0.164 e. The van der Waals surface area contributed by atoms with Crippen LogP contribution in [0.2, 0.25) is 0 Å². The minimum Gasteiger partial charge on any atom is -0.484 e. The number of aromatic nitrogens is 3. The highest BCUT2D eigenvalue weighted by Crippen LogP contribution is 2.51. The second kappa shape index (κ2) is 12.2. The fourth-order valence-corrected chi connectivity index (χ4v) is 8.14. The molecule has 2 aliphatic carbocycles. The van der Waals surface area contributed by atoms with Crippen molar-refractivity contribution in [3.63, 3.8) is 0 Å². The molecule has 51 heavy (non-hydrogen) atoms. The van der Waals surface area contributed by atoms with Crippen LogP contribution in [0.15, 0.2) is 169 Å². The van der Waals surface area contributed by atoms with Crippen molar-refractivity contribution in [2.75, 3.05) is 0 Å². The molecule has 4 heteroatoms. The van der Waals surface area contributed by atoms with Crippen molar-refractivity contribution in [1.82, 2.24) is 15.0 Å². The largest absolute Gasteiger partial charge is 0.484 e. The second-order valence-corrected chi connectivity index (χ2v) is 13.4. The van der Waals surface area contributed by atoms with Crippen LogP contribution in [0, 0.1) is 0 Å². The van der Waals surface area contributed by atoms with E-state index in [2.05, 4.69) is 127 Å². The maximum atomic E-state index is 6.88. The number of ether oxygens (including phenoxy) is 1. The van der Waals surface area contributed by atoms with Crippen LogP contribution in [0.5, 0.6) is 5.75 Å². The third-order valence-electron chi connectivity index (χ3n) is 10.5. The third kappa shape index (κ3) is 5.02. The Labute approximate surface area is 296 Å². The van der Waals surface area contributed by atoms with E-state index in [-0.39, 0.29) is 12.0 Å². The van der Waals surface area contributed by atoms with Gasteiger partial charge in [0.2, 0.25) is 0 Å². The van der Waals surface area contributed by atoms with Crippen LogP contribution in [0.4, 0.5) is 0 Å². The molecule has 0 saturated heterocycles. The lowest BCUT2D eigenvalue weighted by Crippen LogP contribution is -2.35. The Morgan fingerprint density at radius 2 is 1.10 bits per heavy atom. The van der Waals surface area contributed by atoms with Crippen LogP contribution >= 0.6 is 0 Å². The van der Waals surface area contributed by atoms with Gasteiger partial charge in [0.1, 0.15) is 11.9 Å². The summed E-state index contributed by atoms with van der Waals surface area (Å²) < 4.78 is 6.88. The van der Waals surface area contributed by atoms with E-state index in [0.29, 0.717) is 11.6 Å². The van der Waals surface area contributed by atoms with Crippen molar-refractivity contribution in [2.24, 2.45) is 0 Å². The summed E-state index contributed by atoms with van der Waals surface area (Å²) in [5.41, 5.74) is 9.39. The van der Waals surface area contributed by atoms with Crippen molar-refractivity contribution in [3.8, 4) is 39.7 Å². The number of fused-ring (bicyclic) bond motifs is 5. The molecule has 0 N–H and O–H groups in total. The van der Waals surface area contributed by atoms with E-state index in [1.54, 1.807) is 0 Å². The third-order valence-corrected chi connectivity index (χ3v) is 10.5. The van der Waals surface area contributed by atoms with Gasteiger partial charge in [-0.3, -0.25) is 0 Å². The second-order valence-electron chi connectivity index (χ2n) is 13.4. The molecule has 242 valence electrons. The molecule has 0 fully saturated rings. The fourth-order valence-electron chi connectivity index (χ4n) is 8.14. The number of allylic oxidation sites excluding steroid dienone is 2. The molecule has 2 unspecified atom stereocenters. The van der Waals surface area contributed by atoms with Crippen molar-refractivity contribution in [2.45, 2.75) is 24.9 Å². The summed E-state index contributed by atoms with van der Waals surface area (Å²) >= 11 is 0. The number of benzene rings is 6. The molecular formula is C47H33N3O. The van der Waals surface area contributed by atoms with Crippen molar-refractivity contribution in [3.05, 3.63) is 191 Å². The van der Waals surface area contributed by atoms with E-state index >= 15 is 0 Å². The Hall–Kier alpha value is -6.39. The lowest BCUT2D eigenvalue weighted by atomic mass is 9.77. The molecule has 0 spiro atoms. The molecule has 10 rings (SSSR count). The smallest absolute Gasteiger partial charge is 0.164 e. The number of para-hydroxylation sites is 1. The predicted molar refractivity (Wildman–Crippen MR) is 205 cm³/mol. The summed E-state index contributed by atoms with van der Waals surface area (Å²) in [6.07, 6.45) is 8.34. The van der Waals surface area contributed by atoms with Crippen LogP contribution in [0.25, 0.3) is 55.8 Å². The van der Waals surface area contributed by atoms with Gasteiger partial charge in [-0.1, -0.05) is 158 Å². The highest BCUT2D eigenvalue weighted by atomic mass is 16.5. The Morgan fingerprint density at radius 1 is 0.510 bits per heavy atom. The molecule has 7 aromatic rings. The SMILES string of the molecule is C1=CC2Oc3c(-c4cccc5ccccc45)cccc3C2C(C2=c3ccccc3=C(c3nc(-c4ccccc4)nc(-c4ccccc4)n3)CC2)=C1. The van der Waals surface area contributed by atoms with Gasteiger partial charge in [0.05, 0.1) is 5.92 Å². The standard InChI is InChI=1S/C47H33N3O/c1-3-15-31(16-4-1)45-48-46(32-17-5-2-6-18-32)50-47(49-45)40-29-28-37(35-21-9-10-22-36(35)40)38-24-13-27-42-43(38)41-26-12-25-39(44(41)51-42)34-23-11-19-30-14-7-8-20-33(30)34/h1-27,42-43H,28-29H2. The van der Waals surface area contributed by atoms with E-state index < -0.39 is 0 Å². The summed E-state index contributed by atoms with van der Waals surface area (Å²) in [5, 5.41) is 4.88. The number of rotatable bonds is 5. The fraction of sp³-hybridized carbons (Fsp3) is 0.0851. The van der Waals surface area contributed by atoms with E-state index in [1.807, 2.05) is 36.4 Å². The molecule has 2 heterocycles. The minimum absolute atomic E-state index is 0.0634. The van der Waals surface area contributed by atoms with E-state index in [1.165, 1.54) is 43.5 Å². The van der Waals surface area contributed by atoms with Crippen LogP contribution < -0.4 is 15.2 Å². The van der Waals surface area contributed by atoms with Gasteiger partial charge in [0, 0.05) is 27.8 Å². The number of nitrogens with zero attached hydrogens (tertiary/aromatic N) is 3. The van der Waals surface area contributed by atoms with Gasteiger partial charge in [-0.25, -0.2) is 15.0 Å². The Bertz CT molecular complexity index is 2610. The zero-order valence-corrected chi connectivity index (χ0v) is 27.9. The molecule has 0 radical (unpaired) electrons. The minimum atomic E-state index is -0.0634. The molecule has 1 aliphatic heterocycles. The highest BCUT2D eigenvalue weighted by Gasteiger charge is 2.39. The van der Waals surface area contributed by atoms with Gasteiger partial charge < -0.3 is 4.74 Å². The highest BCUT2D eigenvalue weighted by molar-refractivity contribution is 5.98. The molecule has 0 amide bonds. The normalized spacial score (nSPS) is 17.4. The van der Waals surface area contributed by atoms with Gasteiger partial charge in [0.15, 0.2) is 17.5 Å². The van der Waals surface area contributed by atoms with Gasteiger partial charge in [-0.2, -0.15) is 0 Å². The van der Waals surface area contributed by atoms with Crippen molar-refractivity contribution in [1.29, 1.82) is 0 Å². The van der Waals surface area contributed by atoms with Gasteiger partial charge >= 0.3 is 0 Å². The first kappa shape index (κ1) is 29.5. The molecule has 6 aromatic carbocycles. The zero-order valence-electron chi connectivity index (χ0n) is 27.9. The Kier molecular flexibility index (Phi) is 7.05. The average Bonchev–Trinajstić information content (AvgIpc) is 3.60. The van der Waals surface area contributed by atoms with Crippen LogP contribution in [0.3, 0.4) is 0 Å². The van der Waals surface area contributed by atoms with Crippen LogP contribution in [0.1, 0.15) is 30.1 Å². The van der Waals surface area contributed by atoms with E-state index in [9.17, 15) is 0 Å². The Morgan fingerprint density at radius 3 is 1.86 bits per heavy atom. The number of hydrogen-bond acceptors (Lipinski definition) is 4. The molecular weight excluding hydrogens is 623 g/mol. The van der Waals surface area contributed by atoms with Gasteiger partial charge in [0.25, 0.3) is 0 Å². The van der Waals surface area contributed by atoms with E-state index in [0.717, 1.165) is 46.7 Å². The average molecular weight is 656 g/mol. The molecule has 3 aliphatic rings. The van der Waals surface area contributed by atoms with Crippen molar-refractivity contribution < 1.29 is 4.74 Å². The van der Waals surface area contributed by atoms with Crippen molar-refractivity contribution >= 4 is 21.9 Å². The summed E-state index contributed by atoms with van der Waals surface area (Å²) in [6, 6.07) is 51.0. The van der Waals surface area contributed by atoms with E-state index in [4.69, 9.17) is 19.7 Å². The quantitative estimate of drug-likeness (QED) is 0.186. The van der Waals surface area contributed by atoms with Crippen LogP contribution in [-0.4, -0.2) is 21.1 Å². The van der Waals surface area contributed by atoms with Crippen LogP contribution in [-0.2, 0) is 0 Å². The zero-order chi connectivity index (χ0) is 33.7. The first-order valence-corrected chi connectivity index (χ1v) is 17.7. The summed E-state index contributed by atoms with van der Waals surface area (Å²) in [5.74, 6) is 3.20. The molecule has 0 saturated carbocycles. The number of hydrogen-bond donors (Lipinski definition) is 0. The summed E-state index contributed by atoms with van der Waals surface area (Å²) in [7, 11) is 0. The maximum absolute atomic E-state index is 6.88. The lowest BCUT2D eigenvalue weighted by Gasteiger charge is -2.27. The topological polar surface area (TPSA) is 47.9 Å². The van der Waals surface area contributed by atoms with Gasteiger partial charge in [-0.15, -0.1) is 0 Å². The molecule has 2 atom stereocenters. The molecule has 0 bridgehead atoms. The lowest BCUT2D eigenvalue weighted by molar-refractivity contribution is 0.267. The summed E-state index contributed by atoms with van der Waals surface area (Å²) in [4.78, 5) is 15.2. The predicted octanol–water partition coefficient (Wildman–Crippen LogP) is 9.21. The monoisotopic (exact) mass is 655 g/mol. The molecule has 4 nitrogen and oxygen atoms in total. The van der Waals surface area contributed by atoms with Gasteiger partial charge in [-0.05, 0) is 56.8 Å². The summed E-state index contributed by atoms with van der Waals surface area (Å²) in [6.45, 7) is 0. The Balaban J connectivity index is 1.13. The first-order chi connectivity index (χ1) is 25.3. The molecule has 1 aromatic heterocycles. The first-order valence-electron chi connectivity index (χ1n) is 17.7.